The number of benzene rings is 1. The SMILES string of the molecule is CCCNC(=O)Cn1c(CCl)nc2cc(F)c(Cl)cc21. The van der Waals surface area contributed by atoms with Crippen molar-refractivity contribution in [2.24, 2.45) is 0 Å². The standard InChI is InChI=1S/C13H14Cl2FN3O/c1-2-3-17-13(20)7-19-11-4-8(15)9(16)5-10(11)18-12(19)6-14/h4-5H,2-3,6-7H2,1H3,(H,17,20). The summed E-state index contributed by atoms with van der Waals surface area (Å²) in [5.41, 5.74) is 1.03. The van der Waals surface area contributed by atoms with Crippen LogP contribution in [0, 0.1) is 5.82 Å². The third-order valence-electron chi connectivity index (χ3n) is 2.86. The lowest BCUT2D eigenvalue weighted by molar-refractivity contribution is -0.121. The van der Waals surface area contributed by atoms with Gasteiger partial charge in [0.25, 0.3) is 0 Å². The van der Waals surface area contributed by atoms with E-state index in [2.05, 4.69) is 10.3 Å². The molecule has 0 atom stereocenters. The van der Waals surface area contributed by atoms with Crippen molar-refractivity contribution in [2.45, 2.75) is 25.8 Å². The topological polar surface area (TPSA) is 46.9 Å². The summed E-state index contributed by atoms with van der Waals surface area (Å²) in [6.45, 7) is 2.66. The molecule has 0 fully saturated rings. The number of fused-ring (bicyclic) bond motifs is 1. The van der Waals surface area contributed by atoms with Crippen LogP contribution in [-0.4, -0.2) is 22.0 Å². The van der Waals surface area contributed by atoms with Gasteiger partial charge in [-0.3, -0.25) is 4.79 Å². The van der Waals surface area contributed by atoms with Gasteiger partial charge in [0.1, 0.15) is 18.2 Å². The molecular formula is C13H14Cl2FN3O. The number of rotatable bonds is 5. The number of carbonyl (C=O) groups is 1. The van der Waals surface area contributed by atoms with Gasteiger partial charge >= 0.3 is 0 Å². The summed E-state index contributed by atoms with van der Waals surface area (Å²) in [5.74, 6) is -0.0389. The Balaban J connectivity index is 2.39. The quantitative estimate of drug-likeness (QED) is 0.861. The summed E-state index contributed by atoms with van der Waals surface area (Å²) in [6.07, 6.45) is 0.857. The van der Waals surface area contributed by atoms with Crippen LogP contribution in [0.2, 0.25) is 5.02 Å². The van der Waals surface area contributed by atoms with Gasteiger partial charge < -0.3 is 9.88 Å². The summed E-state index contributed by atoms with van der Waals surface area (Å²) in [7, 11) is 0. The van der Waals surface area contributed by atoms with Crippen LogP contribution < -0.4 is 5.32 Å². The zero-order valence-electron chi connectivity index (χ0n) is 10.9. The van der Waals surface area contributed by atoms with Gasteiger partial charge in [0.15, 0.2) is 0 Å². The predicted octanol–water partition coefficient (Wildman–Crippen LogP) is 3.09. The number of nitrogens with zero attached hydrogens (tertiary/aromatic N) is 2. The van der Waals surface area contributed by atoms with Crippen LogP contribution >= 0.6 is 23.2 Å². The molecule has 20 heavy (non-hydrogen) atoms. The van der Waals surface area contributed by atoms with Crippen LogP contribution in [0.5, 0.6) is 0 Å². The number of amides is 1. The Morgan fingerprint density at radius 3 is 2.90 bits per heavy atom. The van der Waals surface area contributed by atoms with Crippen LogP contribution in [0.15, 0.2) is 12.1 Å². The van der Waals surface area contributed by atoms with Crippen LogP contribution in [-0.2, 0) is 17.2 Å². The zero-order chi connectivity index (χ0) is 14.7. The third kappa shape index (κ3) is 3.04. The number of alkyl halides is 1. The van der Waals surface area contributed by atoms with E-state index in [1.54, 1.807) is 4.57 Å². The van der Waals surface area contributed by atoms with Gasteiger partial charge in [-0.2, -0.15) is 0 Å². The predicted molar refractivity (Wildman–Crippen MR) is 77.6 cm³/mol. The van der Waals surface area contributed by atoms with E-state index < -0.39 is 5.82 Å². The first-order valence-electron chi connectivity index (χ1n) is 6.23. The van der Waals surface area contributed by atoms with E-state index in [1.165, 1.54) is 12.1 Å². The molecule has 108 valence electrons. The molecule has 1 heterocycles. The smallest absolute Gasteiger partial charge is 0.240 e. The first-order chi connectivity index (χ1) is 9.56. The van der Waals surface area contributed by atoms with Crippen molar-refractivity contribution in [1.29, 1.82) is 0 Å². The highest BCUT2D eigenvalue weighted by atomic mass is 35.5. The molecule has 2 rings (SSSR count). The van der Waals surface area contributed by atoms with E-state index in [0.717, 1.165) is 6.42 Å². The summed E-state index contributed by atoms with van der Waals surface area (Å²) in [5, 5.41) is 2.77. The summed E-state index contributed by atoms with van der Waals surface area (Å²) in [6, 6.07) is 2.70. The van der Waals surface area contributed by atoms with Crippen LogP contribution in [0.3, 0.4) is 0 Å². The third-order valence-corrected chi connectivity index (χ3v) is 3.39. The maximum absolute atomic E-state index is 13.4. The number of aromatic nitrogens is 2. The average Bonchev–Trinajstić information content (AvgIpc) is 2.74. The fraction of sp³-hybridized carbons (Fsp3) is 0.385. The fourth-order valence-electron chi connectivity index (χ4n) is 1.91. The van der Waals surface area contributed by atoms with Crippen LogP contribution in [0.4, 0.5) is 4.39 Å². The molecule has 0 bridgehead atoms. The molecule has 1 aromatic carbocycles. The number of hydrogen-bond donors (Lipinski definition) is 1. The molecule has 2 aromatic rings. The Hall–Kier alpha value is -1.33. The molecule has 1 N–H and O–H groups in total. The first-order valence-corrected chi connectivity index (χ1v) is 7.14. The minimum Gasteiger partial charge on any atom is -0.355 e. The number of carbonyl (C=O) groups excluding carboxylic acids is 1. The lowest BCUT2D eigenvalue weighted by Crippen LogP contribution is -2.28. The molecule has 1 amide bonds. The Morgan fingerprint density at radius 1 is 1.50 bits per heavy atom. The normalized spacial score (nSPS) is 11.0. The number of halogens is 3. The van der Waals surface area contributed by atoms with Crippen LogP contribution in [0.25, 0.3) is 11.0 Å². The first kappa shape index (κ1) is 15.1. The highest BCUT2D eigenvalue weighted by molar-refractivity contribution is 6.31. The molecule has 0 unspecified atom stereocenters. The second-order valence-corrected chi connectivity index (χ2v) is 5.03. The Morgan fingerprint density at radius 2 is 2.25 bits per heavy atom. The molecule has 0 spiro atoms. The number of imidazole rings is 1. The molecule has 0 radical (unpaired) electrons. The molecule has 0 saturated carbocycles. The minimum atomic E-state index is -0.541. The van der Waals surface area contributed by atoms with E-state index in [-0.39, 0.29) is 23.4 Å². The van der Waals surface area contributed by atoms with Crippen molar-refractivity contribution >= 4 is 40.1 Å². The van der Waals surface area contributed by atoms with Gasteiger partial charge in [-0.25, -0.2) is 9.37 Å². The van der Waals surface area contributed by atoms with E-state index in [4.69, 9.17) is 23.2 Å². The summed E-state index contributed by atoms with van der Waals surface area (Å²) in [4.78, 5) is 16.0. The Kier molecular flexibility index (Phi) is 4.83. The molecule has 0 aliphatic rings. The molecule has 0 aliphatic heterocycles. The monoisotopic (exact) mass is 317 g/mol. The lowest BCUT2D eigenvalue weighted by Gasteiger charge is -2.08. The zero-order valence-corrected chi connectivity index (χ0v) is 12.4. The van der Waals surface area contributed by atoms with Crippen LogP contribution in [0.1, 0.15) is 19.2 Å². The van der Waals surface area contributed by atoms with Crippen molar-refractivity contribution in [3.63, 3.8) is 0 Å². The Bertz CT molecular complexity index is 642. The van der Waals surface area contributed by atoms with Gasteiger partial charge in [0, 0.05) is 12.6 Å². The summed E-state index contributed by atoms with van der Waals surface area (Å²) >= 11 is 11.6. The number of hydrogen-bond acceptors (Lipinski definition) is 2. The van der Waals surface area contributed by atoms with Crippen molar-refractivity contribution in [3.8, 4) is 0 Å². The van der Waals surface area contributed by atoms with Gasteiger partial charge in [-0.05, 0) is 12.5 Å². The van der Waals surface area contributed by atoms with Crippen molar-refractivity contribution in [3.05, 3.63) is 28.8 Å². The van der Waals surface area contributed by atoms with Gasteiger partial charge in [-0.1, -0.05) is 18.5 Å². The summed E-state index contributed by atoms with van der Waals surface area (Å²) < 4.78 is 15.1. The molecule has 1 aromatic heterocycles. The van der Waals surface area contributed by atoms with E-state index in [1.807, 2.05) is 6.92 Å². The molecule has 0 aliphatic carbocycles. The van der Waals surface area contributed by atoms with Gasteiger partial charge in [0.2, 0.25) is 5.91 Å². The largest absolute Gasteiger partial charge is 0.355 e. The average molecular weight is 318 g/mol. The van der Waals surface area contributed by atoms with E-state index >= 15 is 0 Å². The maximum Gasteiger partial charge on any atom is 0.240 e. The van der Waals surface area contributed by atoms with E-state index in [9.17, 15) is 9.18 Å². The van der Waals surface area contributed by atoms with Crippen molar-refractivity contribution in [2.75, 3.05) is 6.54 Å². The lowest BCUT2D eigenvalue weighted by atomic mass is 10.3. The van der Waals surface area contributed by atoms with Crippen molar-refractivity contribution < 1.29 is 9.18 Å². The fourth-order valence-corrected chi connectivity index (χ4v) is 2.27. The molecule has 0 saturated heterocycles. The highest BCUT2D eigenvalue weighted by Crippen LogP contribution is 2.24. The minimum absolute atomic E-state index is 0.00580. The highest BCUT2D eigenvalue weighted by Gasteiger charge is 2.15. The van der Waals surface area contributed by atoms with Gasteiger partial charge in [0.05, 0.1) is 21.9 Å². The molecular weight excluding hydrogens is 304 g/mol. The molecule has 7 heteroatoms. The number of nitrogens with one attached hydrogen (secondary N) is 1. The maximum atomic E-state index is 13.4. The molecule has 4 nitrogen and oxygen atoms in total. The van der Waals surface area contributed by atoms with Gasteiger partial charge in [-0.15, -0.1) is 11.6 Å². The van der Waals surface area contributed by atoms with Crippen molar-refractivity contribution in [1.82, 2.24) is 14.9 Å². The second kappa shape index (κ2) is 6.41. The second-order valence-electron chi connectivity index (χ2n) is 4.35. The Labute approximate surface area is 125 Å². The van der Waals surface area contributed by atoms with E-state index in [0.29, 0.717) is 23.4 Å².